The highest BCUT2D eigenvalue weighted by Crippen LogP contribution is 2.28. The number of hydrogen-bond acceptors (Lipinski definition) is 7. The van der Waals surface area contributed by atoms with Gasteiger partial charge in [-0.25, -0.2) is 9.37 Å². The molecule has 0 spiro atoms. The van der Waals surface area contributed by atoms with E-state index in [1.807, 2.05) is 25.6 Å². The van der Waals surface area contributed by atoms with Crippen LogP contribution < -0.4 is 10.5 Å². The van der Waals surface area contributed by atoms with Gasteiger partial charge in [-0.05, 0) is 37.7 Å². The Morgan fingerprint density at radius 2 is 1.81 bits per heavy atom. The number of imidazole rings is 1. The first-order valence-electron chi connectivity index (χ1n) is 10.4. The van der Waals surface area contributed by atoms with Crippen LogP contribution >= 0.6 is 0 Å². The summed E-state index contributed by atoms with van der Waals surface area (Å²) in [4.78, 5) is 19.5. The Hall–Kier alpha value is -3.59. The number of nitrogens with zero attached hydrogens (tertiary/aromatic N) is 6. The second kappa shape index (κ2) is 9.27. The number of aromatic nitrogens is 5. The minimum absolute atomic E-state index is 0.197. The number of anilines is 1. The molecule has 0 unspecified atom stereocenters. The van der Waals surface area contributed by atoms with Crippen LogP contribution in [0.2, 0.25) is 0 Å². The molecule has 3 aromatic heterocycles. The van der Waals surface area contributed by atoms with Crippen LogP contribution in [0.4, 0.5) is 10.2 Å². The summed E-state index contributed by atoms with van der Waals surface area (Å²) in [5.74, 6) is 0.282. The summed E-state index contributed by atoms with van der Waals surface area (Å²) in [5.41, 5.74) is 9.94. The molecule has 1 aromatic carbocycles. The van der Waals surface area contributed by atoms with Gasteiger partial charge >= 0.3 is 6.01 Å². The van der Waals surface area contributed by atoms with Gasteiger partial charge < -0.3 is 19.9 Å². The molecule has 0 radical (unpaired) electrons. The predicted octanol–water partition coefficient (Wildman–Crippen LogP) is 3.51. The van der Waals surface area contributed by atoms with Gasteiger partial charge in [0.2, 0.25) is 0 Å². The fourth-order valence-electron chi connectivity index (χ4n) is 3.46. The zero-order valence-corrected chi connectivity index (χ0v) is 18.4. The van der Waals surface area contributed by atoms with E-state index in [2.05, 4.69) is 49.1 Å². The van der Waals surface area contributed by atoms with Crippen LogP contribution in [0.1, 0.15) is 24.5 Å². The van der Waals surface area contributed by atoms with E-state index in [0.717, 1.165) is 24.7 Å². The molecule has 0 bridgehead atoms. The number of hydrogen-bond donors (Lipinski definition) is 1. The molecule has 0 fully saturated rings. The first-order chi connectivity index (χ1) is 15.4. The molecule has 0 atom stereocenters. The van der Waals surface area contributed by atoms with E-state index >= 15 is 0 Å². The standard InChI is InChI=1S/C23H26FN7O/c1-4-9-32-23-28-20(25)19-22(29-23)31(21(27-19)17-10-18(24)12-26-11-17)14-16-7-5-15(6-8-16)13-30(2)3/h5-8,10-12H,4,9,13-14H2,1-3H3,(H2,25,28,29). The summed E-state index contributed by atoms with van der Waals surface area (Å²) in [6.07, 6.45) is 3.55. The Morgan fingerprint density at radius 3 is 2.50 bits per heavy atom. The first-order valence-corrected chi connectivity index (χ1v) is 10.4. The second-order valence-corrected chi connectivity index (χ2v) is 7.88. The van der Waals surface area contributed by atoms with Crippen molar-refractivity contribution in [1.29, 1.82) is 0 Å². The van der Waals surface area contributed by atoms with Crippen molar-refractivity contribution in [1.82, 2.24) is 29.4 Å². The number of nitrogen functional groups attached to an aromatic ring is 1. The van der Waals surface area contributed by atoms with Gasteiger partial charge in [-0.2, -0.15) is 9.97 Å². The lowest BCUT2D eigenvalue weighted by molar-refractivity contribution is 0.293. The Kier molecular flexibility index (Phi) is 6.27. The fourth-order valence-corrected chi connectivity index (χ4v) is 3.46. The topological polar surface area (TPSA) is 95.0 Å². The van der Waals surface area contributed by atoms with Crippen molar-refractivity contribution < 1.29 is 9.13 Å². The molecule has 0 saturated carbocycles. The van der Waals surface area contributed by atoms with Gasteiger partial charge in [0.1, 0.15) is 11.6 Å². The van der Waals surface area contributed by atoms with E-state index in [4.69, 9.17) is 10.5 Å². The van der Waals surface area contributed by atoms with E-state index in [1.165, 1.54) is 11.6 Å². The van der Waals surface area contributed by atoms with Crippen molar-refractivity contribution in [2.75, 3.05) is 26.4 Å². The Bertz CT molecular complexity index is 1220. The molecule has 0 aliphatic heterocycles. The minimum atomic E-state index is -0.444. The molecule has 0 saturated heterocycles. The molecule has 32 heavy (non-hydrogen) atoms. The number of pyridine rings is 1. The lowest BCUT2D eigenvalue weighted by Crippen LogP contribution is -2.10. The highest BCUT2D eigenvalue weighted by atomic mass is 19.1. The van der Waals surface area contributed by atoms with Crippen molar-refractivity contribution in [3.05, 3.63) is 59.7 Å². The maximum absolute atomic E-state index is 13.9. The van der Waals surface area contributed by atoms with Crippen LogP contribution in [0.3, 0.4) is 0 Å². The third kappa shape index (κ3) is 4.67. The zero-order valence-electron chi connectivity index (χ0n) is 18.4. The highest BCUT2D eigenvalue weighted by Gasteiger charge is 2.19. The third-order valence-electron chi connectivity index (χ3n) is 4.86. The predicted molar refractivity (Wildman–Crippen MR) is 122 cm³/mol. The van der Waals surface area contributed by atoms with Crippen LogP contribution in [-0.2, 0) is 13.1 Å². The van der Waals surface area contributed by atoms with E-state index in [9.17, 15) is 4.39 Å². The molecule has 166 valence electrons. The van der Waals surface area contributed by atoms with Crippen LogP contribution in [0.5, 0.6) is 6.01 Å². The molecule has 0 amide bonds. The molecule has 9 heteroatoms. The molecular weight excluding hydrogens is 409 g/mol. The van der Waals surface area contributed by atoms with Gasteiger partial charge in [0.15, 0.2) is 17.0 Å². The maximum Gasteiger partial charge on any atom is 0.320 e. The minimum Gasteiger partial charge on any atom is -0.463 e. The second-order valence-electron chi connectivity index (χ2n) is 7.88. The number of benzene rings is 1. The number of halogens is 1. The normalized spacial score (nSPS) is 11.4. The average Bonchev–Trinajstić information content (AvgIpc) is 3.12. The lowest BCUT2D eigenvalue weighted by Gasteiger charge is -2.12. The number of rotatable bonds is 8. The molecule has 4 rings (SSSR count). The van der Waals surface area contributed by atoms with Crippen LogP contribution in [0.25, 0.3) is 22.6 Å². The largest absolute Gasteiger partial charge is 0.463 e. The monoisotopic (exact) mass is 435 g/mol. The van der Waals surface area contributed by atoms with Gasteiger partial charge in [-0.15, -0.1) is 0 Å². The quantitative estimate of drug-likeness (QED) is 0.452. The van der Waals surface area contributed by atoms with Gasteiger partial charge in [0.05, 0.1) is 19.3 Å². The highest BCUT2D eigenvalue weighted by molar-refractivity contribution is 5.85. The van der Waals surface area contributed by atoms with E-state index in [-0.39, 0.29) is 11.8 Å². The molecule has 0 aliphatic carbocycles. The van der Waals surface area contributed by atoms with Crippen molar-refractivity contribution in [3.8, 4) is 17.4 Å². The van der Waals surface area contributed by atoms with Gasteiger partial charge in [-0.3, -0.25) is 4.98 Å². The van der Waals surface area contributed by atoms with Crippen LogP contribution in [-0.4, -0.2) is 50.1 Å². The van der Waals surface area contributed by atoms with Gasteiger partial charge in [0.25, 0.3) is 0 Å². The summed E-state index contributed by atoms with van der Waals surface area (Å²) in [6, 6.07) is 9.91. The average molecular weight is 436 g/mol. The van der Waals surface area contributed by atoms with Gasteiger partial charge in [0, 0.05) is 18.3 Å². The molecular formula is C23H26FN7O. The summed E-state index contributed by atoms with van der Waals surface area (Å²) < 4.78 is 21.4. The Labute approximate surface area is 185 Å². The molecule has 4 aromatic rings. The van der Waals surface area contributed by atoms with Crippen LogP contribution in [0, 0.1) is 5.82 Å². The van der Waals surface area contributed by atoms with Gasteiger partial charge in [-0.1, -0.05) is 31.2 Å². The first kappa shape index (κ1) is 21.6. The molecule has 2 N–H and O–H groups in total. The third-order valence-corrected chi connectivity index (χ3v) is 4.86. The van der Waals surface area contributed by atoms with E-state index in [0.29, 0.717) is 35.7 Å². The number of nitrogens with two attached hydrogens (primary N) is 1. The molecule has 8 nitrogen and oxygen atoms in total. The lowest BCUT2D eigenvalue weighted by atomic mass is 10.1. The van der Waals surface area contributed by atoms with E-state index in [1.54, 1.807) is 6.20 Å². The van der Waals surface area contributed by atoms with Crippen molar-refractivity contribution in [3.63, 3.8) is 0 Å². The molecule has 3 heterocycles. The Balaban J connectivity index is 1.81. The zero-order chi connectivity index (χ0) is 22.7. The maximum atomic E-state index is 13.9. The summed E-state index contributed by atoms with van der Waals surface area (Å²) in [7, 11) is 4.07. The summed E-state index contributed by atoms with van der Waals surface area (Å²) in [5, 5.41) is 0. The van der Waals surface area contributed by atoms with E-state index < -0.39 is 5.82 Å². The van der Waals surface area contributed by atoms with Crippen molar-refractivity contribution in [2.45, 2.75) is 26.4 Å². The summed E-state index contributed by atoms with van der Waals surface area (Å²) >= 11 is 0. The van der Waals surface area contributed by atoms with Crippen molar-refractivity contribution >= 4 is 17.0 Å². The fraction of sp³-hybridized carbons (Fsp3) is 0.304. The van der Waals surface area contributed by atoms with Crippen LogP contribution in [0.15, 0.2) is 42.7 Å². The Morgan fingerprint density at radius 1 is 1.06 bits per heavy atom. The molecule has 0 aliphatic rings. The smallest absolute Gasteiger partial charge is 0.320 e. The van der Waals surface area contributed by atoms with Crippen molar-refractivity contribution in [2.24, 2.45) is 0 Å². The SMILES string of the molecule is CCCOc1nc(N)c2nc(-c3cncc(F)c3)n(Cc3ccc(CN(C)C)cc3)c2n1. The number of fused-ring (bicyclic) bond motifs is 1. The summed E-state index contributed by atoms with van der Waals surface area (Å²) in [6.45, 7) is 3.80. The number of ether oxygens (including phenoxy) is 1.